The molecular weight excluding hydrogens is 508 g/mol. The largest absolute Gasteiger partial charge is 0.496 e. The minimum absolute atomic E-state index is 0.0886. The van der Waals surface area contributed by atoms with Crippen LogP contribution in [0.3, 0.4) is 0 Å². The number of likely N-dealkylation sites (tertiary alicyclic amines) is 1. The van der Waals surface area contributed by atoms with Gasteiger partial charge in [0.2, 0.25) is 5.95 Å². The third kappa shape index (κ3) is 5.00. The van der Waals surface area contributed by atoms with Crippen molar-refractivity contribution in [3.8, 4) is 17.0 Å². The highest BCUT2D eigenvalue weighted by atomic mass is 16.6. The van der Waals surface area contributed by atoms with Crippen LogP contribution in [-0.4, -0.2) is 76.0 Å². The van der Waals surface area contributed by atoms with Crippen LogP contribution in [0, 0.1) is 11.8 Å². The zero-order valence-corrected chi connectivity index (χ0v) is 23.8. The highest BCUT2D eigenvalue weighted by Crippen LogP contribution is 2.37. The van der Waals surface area contributed by atoms with Crippen LogP contribution in [0.1, 0.15) is 51.8 Å². The Kier molecular flexibility index (Phi) is 6.90. The molecule has 0 saturated carbocycles. The number of imidazole rings is 1. The molecule has 1 aromatic carbocycles. The number of hydrogen-bond donors (Lipinski definition) is 0. The molecule has 5 heterocycles. The first-order chi connectivity index (χ1) is 19.2. The Morgan fingerprint density at radius 2 is 1.90 bits per heavy atom. The van der Waals surface area contributed by atoms with E-state index in [2.05, 4.69) is 16.0 Å². The van der Waals surface area contributed by atoms with Gasteiger partial charge in [0.25, 0.3) is 0 Å². The lowest BCUT2D eigenvalue weighted by Gasteiger charge is -2.26. The molecule has 10 heteroatoms. The maximum absolute atomic E-state index is 12.7. The fraction of sp³-hybridized carbons (Fsp3) is 0.533. The number of anilines is 1. The predicted octanol–water partition coefficient (Wildman–Crippen LogP) is 5.15. The average Bonchev–Trinajstić information content (AvgIpc) is 3.65. The SMILES string of the molecule is C=Cc1cc(-c2nc(N3CC4CN(C(=O)OC(C)(C)C)CC4C3)nc3c2ncn3C2CCCCO2)ccc1OC. The normalized spacial score (nSPS) is 22.9. The highest BCUT2D eigenvalue weighted by Gasteiger charge is 2.43. The summed E-state index contributed by atoms with van der Waals surface area (Å²) in [4.78, 5) is 31.7. The second-order valence-corrected chi connectivity index (χ2v) is 12.0. The third-order valence-corrected chi connectivity index (χ3v) is 8.02. The highest BCUT2D eigenvalue weighted by molar-refractivity contribution is 5.89. The monoisotopic (exact) mass is 546 g/mol. The Morgan fingerprint density at radius 3 is 2.55 bits per heavy atom. The number of methoxy groups -OCH3 is 1. The maximum atomic E-state index is 12.7. The number of fused-ring (bicyclic) bond motifs is 2. The van der Waals surface area contributed by atoms with Gasteiger partial charge in [-0.2, -0.15) is 4.98 Å². The van der Waals surface area contributed by atoms with E-state index in [4.69, 9.17) is 29.2 Å². The number of carbonyl (C=O) groups is 1. The van der Waals surface area contributed by atoms with Crippen molar-refractivity contribution >= 4 is 29.3 Å². The van der Waals surface area contributed by atoms with Crippen LogP contribution >= 0.6 is 0 Å². The van der Waals surface area contributed by atoms with E-state index in [1.165, 1.54) is 0 Å². The molecule has 2 aromatic heterocycles. The van der Waals surface area contributed by atoms with Gasteiger partial charge in [0.1, 0.15) is 28.8 Å². The van der Waals surface area contributed by atoms with Gasteiger partial charge in [-0.05, 0) is 58.2 Å². The van der Waals surface area contributed by atoms with Crippen LogP contribution in [-0.2, 0) is 9.47 Å². The van der Waals surface area contributed by atoms with Crippen molar-refractivity contribution < 1.29 is 19.0 Å². The summed E-state index contributed by atoms with van der Waals surface area (Å²) in [5.74, 6) is 2.12. The fourth-order valence-corrected chi connectivity index (χ4v) is 6.07. The van der Waals surface area contributed by atoms with Gasteiger partial charge >= 0.3 is 6.09 Å². The van der Waals surface area contributed by atoms with E-state index in [0.29, 0.717) is 30.9 Å². The van der Waals surface area contributed by atoms with Crippen LogP contribution < -0.4 is 9.64 Å². The number of benzene rings is 1. The van der Waals surface area contributed by atoms with E-state index in [0.717, 1.165) is 72.7 Å². The molecule has 3 unspecified atom stereocenters. The van der Waals surface area contributed by atoms with Crippen LogP contribution in [0.2, 0.25) is 0 Å². The molecule has 0 spiro atoms. The van der Waals surface area contributed by atoms with Gasteiger partial charge in [-0.15, -0.1) is 0 Å². The van der Waals surface area contributed by atoms with Gasteiger partial charge in [-0.1, -0.05) is 12.7 Å². The summed E-state index contributed by atoms with van der Waals surface area (Å²) in [6.07, 6.45) is 6.41. The summed E-state index contributed by atoms with van der Waals surface area (Å²) in [5, 5.41) is 0. The molecule has 6 rings (SSSR count). The minimum Gasteiger partial charge on any atom is -0.496 e. The van der Waals surface area contributed by atoms with Gasteiger partial charge < -0.3 is 24.0 Å². The second-order valence-electron chi connectivity index (χ2n) is 12.0. The Morgan fingerprint density at radius 1 is 1.12 bits per heavy atom. The Hall–Kier alpha value is -3.66. The van der Waals surface area contributed by atoms with Crippen LogP contribution in [0.5, 0.6) is 5.75 Å². The lowest BCUT2D eigenvalue weighted by Crippen LogP contribution is -2.37. The first-order valence-electron chi connectivity index (χ1n) is 14.1. The molecule has 3 saturated heterocycles. The maximum Gasteiger partial charge on any atom is 0.410 e. The van der Waals surface area contributed by atoms with E-state index in [1.807, 2.05) is 50.2 Å². The molecule has 40 heavy (non-hydrogen) atoms. The number of hydrogen-bond acceptors (Lipinski definition) is 8. The van der Waals surface area contributed by atoms with Crippen LogP contribution in [0.4, 0.5) is 10.7 Å². The van der Waals surface area contributed by atoms with Crippen molar-refractivity contribution in [1.29, 1.82) is 0 Å². The van der Waals surface area contributed by atoms with E-state index in [9.17, 15) is 4.79 Å². The molecular formula is C30H38N6O4. The summed E-state index contributed by atoms with van der Waals surface area (Å²) < 4.78 is 19.3. The summed E-state index contributed by atoms with van der Waals surface area (Å²) in [5.41, 5.74) is 3.60. The molecule has 0 aliphatic carbocycles. The van der Waals surface area contributed by atoms with Gasteiger partial charge in [0, 0.05) is 55.7 Å². The molecule has 3 fully saturated rings. The average molecular weight is 547 g/mol. The van der Waals surface area contributed by atoms with Crippen molar-refractivity contribution in [2.75, 3.05) is 44.8 Å². The molecule has 3 aromatic rings. The van der Waals surface area contributed by atoms with Crippen molar-refractivity contribution in [3.05, 3.63) is 36.7 Å². The summed E-state index contributed by atoms with van der Waals surface area (Å²) in [6.45, 7) is 13.3. The van der Waals surface area contributed by atoms with Crippen molar-refractivity contribution in [3.63, 3.8) is 0 Å². The molecule has 10 nitrogen and oxygen atoms in total. The number of rotatable bonds is 5. The quantitative estimate of drug-likeness (QED) is 0.434. The number of amides is 1. The van der Waals surface area contributed by atoms with Gasteiger partial charge in [0.15, 0.2) is 5.65 Å². The smallest absolute Gasteiger partial charge is 0.410 e. The molecule has 1 amide bonds. The molecule has 0 radical (unpaired) electrons. The van der Waals surface area contributed by atoms with Crippen molar-refractivity contribution in [2.24, 2.45) is 11.8 Å². The van der Waals surface area contributed by atoms with E-state index in [1.54, 1.807) is 13.2 Å². The van der Waals surface area contributed by atoms with Gasteiger partial charge in [-0.25, -0.2) is 14.8 Å². The molecule has 212 valence electrons. The number of nitrogens with zero attached hydrogens (tertiary/aromatic N) is 6. The van der Waals surface area contributed by atoms with Gasteiger partial charge in [0.05, 0.1) is 13.4 Å². The zero-order valence-electron chi connectivity index (χ0n) is 23.8. The molecule has 3 atom stereocenters. The first-order valence-corrected chi connectivity index (χ1v) is 14.1. The Bertz CT molecular complexity index is 1410. The summed E-state index contributed by atoms with van der Waals surface area (Å²) >= 11 is 0. The van der Waals surface area contributed by atoms with Crippen molar-refractivity contribution in [1.82, 2.24) is 24.4 Å². The first kappa shape index (κ1) is 26.6. The minimum atomic E-state index is -0.502. The number of aromatic nitrogens is 4. The predicted molar refractivity (Wildman–Crippen MR) is 153 cm³/mol. The van der Waals surface area contributed by atoms with E-state index >= 15 is 0 Å². The lowest BCUT2D eigenvalue weighted by molar-refractivity contribution is -0.0298. The number of carbonyl (C=O) groups excluding carboxylic acids is 1. The standard InChI is InChI=1S/C30H38N6O4/c1-6-19-13-20(10-11-23(19)38-5)25-26-27(36(18-31-26)24-9-7-8-12-39-24)33-28(32-25)34-14-21-16-35(17-22(21)15-34)29(37)40-30(2,3)4/h6,10-11,13,18,21-22,24H,1,7-9,12,14-17H2,2-5H3. The van der Waals surface area contributed by atoms with E-state index < -0.39 is 5.60 Å². The summed E-state index contributed by atoms with van der Waals surface area (Å²) in [6, 6.07) is 5.97. The second kappa shape index (κ2) is 10.4. The fourth-order valence-electron chi connectivity index (χ4n) is 6.07. The third-order valence-electron chi connectivity index (χ3n) is 8.02. The van der Waals surface area contributed by atoms with Gasteiger partial charge in [-0.3, -0.25) is 4.57 Å². The van der Waals surface area contributed by atoms with Crippen molar-refractivity contribution in [2.45, 2.75) is 51.9 Å². The molecule has 0 bridgehead atoms. The lowest BCUT2D eigenvalue weighted by atomic mass is 10.0. The zero-order chi connectivity index (χ0) is 28.0. The van der Waals surface area contributed by atoms with Crippen LogP contribution in [0.15, 0.2) is 31.1 Å². The molecule has 0 N–H and O–H groups in total. The molecule has 3 aliphatic heterocycles. The molecule has 3 aliphatic rings. The van der Waals surface area contributed by atoms with E-state index in [-0.39, 0.29) is 12.3 Å². The Balaban J connectivity index is 1.34. The van der Waals surface area contributed by atoms with Crippen LogP contribution in [0.25, 0.3) is 28.5 Å². The number of ether oxygens (including phenoxy) is 3. The topological polar surface area (TPSA) is 94.8 Å². The Labute approximate surface area is 234 Å². The summed E-state index contributed by atoms with van der Waals surface area (Å²) in [7, 11) is 1.66.